The predicted molar refractivity (Wildman–Crippen MR) is 365 cm³/mol. The quantitative estimate of drug-likeness (QED) is 0.0195. The van der Waals surface area contributed by atoms with Crippen molar-refractivity contribution in [3.8, 4) is 0 Å². The lowest BCUT2D eigenvalue weighted by molar-refractivity contribution is -0.870. The van der Waals surface area contributed by atoms with E-state index in [1.807, 2.05) is 21.1 Å². The molecule has 0 aliphatic carbocycles. The van der Waals surface area contributed by atoms with E-state index in [0.717, 1.165) is 83.5 Å². The zero-order chi connectivity index (χ0) is 61.9. The molecule has 0 saturated carbocycles. The summed E-state index contributed by atoms with van der Waals surface area (Å²) in [7, 11) is 1.18. The highest BCUT2D eigenvalue weighted by Crippen LogP contribution is 2.38. The average Bonchev–Trinajstić information content (AvgIpc) is 3.50. The van der Waals surface area contributed by atoms with Gasteiger partial charge in [-0.1, -0.05) is 330 Å². The second-order valence-electron chi connectivity index (χ2n) is 25.2. The van der Waals surface area contributed by atoms with Crippen LogP contribution in [0.25, 0.3) is 0 Å². The minimum atomic E-state index is -4.64. The molecule has 0 N–H and O–H groups in total. The molecule has 0 fully saturated rings. The maximum atomic E-state index is 12.9. The monoisotopic (exact) mass is 1210 g/mol. The summed E-state index contributed by atoms with van der Waals surface area (Å²) in [6, 6.07) is 0. The molecule has 0 aromatic carbocycles. The minimum absolute atomic E-state index is 0.0308. The van der Waals surface area contributed by atoms with Gasteiger partial charge >= 0.3 is 11.9 Å². The van der Waals surface area contributed by atoms with Gasteiger partial charge in [0.2, 0.25) is 0 Å². The normalized spacial score (nSPS) is 13.6. The fraction of sp³-hybridized carbons (Fsp3) is 0.787. The van der Waals surface area contributed by atoms with Crippen molar-refractivity contribution >= 4 is 19.8 Å². The molecule has 0 aromatic heterocycles. The van der Waals surface area contributed by atoms with Crippen LogP contribution in [0.5, 0.6) is 0 Å². The van der Waals surface area contributed by atoms with Crippen LogP contribution >= 0.6 is 7.82 Å². The highest BCUT2D eigenvalue weighted by atomic mass is 31.2. The van der Waals surface area contributed by atoms with Crippen LogP contribution in [0.15, 0.2) is 85.1 Å². The minimum Gasteiger partial charge on any atom is -0.756 e. The maximum Gasteiger partial charge on any atom is 0.306 e. The molecule has 85 heavy (non-hydrogen) atoms. The van der Waals surface area contributed by atoms with Gasteiger partial charge in [0.1, 0.15) is 19.8 Å². The van der Waals surface area contributed by atoms with Crippen molar-refractivity contribution in [2.24, 2.45) is 0 Å². The molecule has 10 heteroatoms. The van der Waals surface area contributed by atoms with Crippen LogP contribution in [0, 0.1) is 0 Å². The van der Waals surface area contributed by atoms with Gasteiger partial charge in [0.25, 0.3) is 7.82 Å². The van der Waals surface area contributed by atoms with Gasteiger partial charge in [0.05, 0.1) is 27.7 Å². The molecule has 0 saturated heterocycles. The first-order valence-electron chi connectivity index (χ1n) is 35.8. The summed E-state index contributed by atoms with van der Waals surface area (Å²) in [5.41, 5.74) is 0. The number of hydrogen-bond acceptors (Lipinski definition) is 8. The second-order valence-corrected chi connectivity index (χ2v) is 26.6. The molecule has 0 radical (unpaired) electrons. The lowest BCUT2D eigenvalue weighted by atomic mass is 10.0. The first-order valence-corrected chi connectivity index (χ1v) is 37.3. The first kappa shape index (κ1) is 82.2. The number of nitrogens with zero attached hydrogens (tertiary/aromatic N) is 1. The van der Waals surface area contributed by atoms with Crippen LogP contribution in [0.3, 0.4) is 0 Å². The van der Waals surface area contributed by atoms with Crippen LogP contribution in [0.2, 0.25) is 0 Å². The van der Waals surface area contributed by atoms with Gasteiger partial charge < -0.3 is 27.9 Å². The van der Waals surface area contributed by atoms with Crippen LogP contribution in [0.4, 0.5) is 0 Å². The van der Waals surface area contributed by atoms with E-state index < -0.39 is 26.5 Å². The topological polar surface area (TPSA) is 111 Å². The summed E-state index contributed by atoms with van der Waals surface area (Å²) >= 11 is 0. The van der Waals surface area contributed by atoms with E-state index in [-0.39, 0.29) is 32.0 Å². The third-order valence-electron chi connectivity index (χ3n) is 15.7. The molecule has 0 aromatic rings. The number of hydrogen-bond donors (Lipinski definition) is 0. The van der Waals surface area contributed by atoms with Gasteiger partial charge in [-0.3, -0.25) is 14.2 Å². The van der Waals surface area contributed by atoms with Crippen molar-refractivity contribution in [1.82, 2.24) is 0 Å². The van der Waals surface area contributed by atoms with Gasteiger partial charge in [-0.25, -0.2) is 0 Å². The number of phosphoric ester groups is 1. The molecular formula is C75H136NO8P. The molecule has 2 unspecified atom stereocenters. The Bertz CT molecular complexity index is 1710. The number of unbranched alkanes of at least 4 members (excludes halogenated alkanes) is 38. The molecule has 2 atom stereocenters. The van der Waals surface area contributed by atoms with E-state index >= 15 is 0 Å². The van der Waals surface area contributed by atoms with Crippen molar-refractivity contribution in [3.63, 3.8) is 0 Å². The molecule has 9 nitrogen and oxygen atoms in total. The van der Waals surface area contributed by atoms with Crippen LogP contribution < -0.4 is 4.89 Å². The summed E-state index contributed by atoms with van der Waals surface area (Å²) in [5, 5.41) is 0. The second kappa shape index (κ2) is 65.6. The molecule has 0 aliphatic heterocycles. The molecule has 494 valence electrons. The zero-order valence-electron chi connectivity index (χ0n) is 56.3. The van der Waals surface area contributed by atoms with Gasteiger partial charge in [0, 0.05) is 12.8 Å². The third-order valence-corrected chi connectivity index (χ3v) is 16.6. The molecule has 0 spiro atoms. The Kier molecular flexibility index (Phi) is 63.5. The first-order chi connectivity index (χ1) is 41.5. The number of likely N-dealkylation sites (N-methyl/N-ethyl adjacent to an activating group) is 1. The van der Waals surface area contributed by atoms with E-state index in [1.165, 1.54) is 212 Å². The van der Waals surface area contributed by atoms with Crippen LogP contribution in [-0.4, -0.2) is 70.0 Å². The van der Waals surface area contributed by atoms with Crippen molar-refractivity contribution in [2.45, 2.75) is 335 Å². The van der Waals surface area contributed by atoms with E-state index in [1.54, 1.807) is 0 Å². The summed E-state index contributed by atoms with van der Waals surface area (Å²) in [5.74, 6) is -0.819. The Morgan fingerprint density at radius 2 is 0.671 bits per heavy atom. The standard InChI is InChI=1S/C75H136NO8P/c1-6-8-10-12-14-16-18-20-22-24-26-28-30-32-33-34-35-36-37-38-39-40-41-42-43-44-46-48-50-52-54-56-58-60-62-64-66-68-75(78)84-73(72-83-85(79,80)82-70-69-76(3,4)5)71-81-74(77)67-65-63-61-59-57-55-53-51-49-47-45-31-29-27-25-23-21-19-17-15-13-11-9-7-2/h8,10,14,16,20,22,26,28,32-33,35-36,38-39,73H,6-7,9,11-13,15,17-19,21,23-25,27,29-31,34,37,40-72H2,1-5H3/b10-8-,16-14-,22-20-,28-26-,33-32-,36-35-,39-38-. The highest BCUT2D eigenvalue weighted by Gasteiger charge is 2.22. The number of phosphoric acid groups is 1. The van der Waals surface area contributed by atoms with Crippen molar-refractivity contribution in [3.05, 3.63) is 85.1 Å². The lowest BCUT2D eigenvalue weighted by Gasteiger charge is -2.28. The number of ether oxygens (including phenoxy) is 2. The number of esters is 2. The van der Waals surface area contributed by atoms with E-state index in [9.17, 15) is 19.0 Å². The predicted octanol–water partition coefficient (Wildman–Crippen LogP) is 22.7. The summed E-state index contributed by atoms with van der Waals surface area (Å²) in [6.07, 6.45) is 89.5. The number of rotatable bonds is 66. The fourth-order valence-electron chi connectivity index (χ4n) is 10.2. The third kappa shape index (κ3) is 70.2. The van der Waals surface area contributed by atoms with E-state index in [2.05, 4.69) is 98.9 Å². The lowest BCUT2D eigenvalue weighted by Crippen LogP contribution is -2.37. The Morgan fingerprint density at radius 3 is 1.00 bits per heavy atom. The van der Waals surface area contributed by atoms with Gasteiger partial charge in [-0.15, -0.1) is 0 Å². The van der Waals surface area contributed by atoms with Crippen molar-refractivity contribution in [2.75, 3.05) is 47.5 Å². The average molecular weight is 1210 g/mol. The van der Waals surface area contributed by atoms with Gasteiger partial charge in [0.15, 0.2) is 6.10 Å². The van der Waals surface area contributed by atoms with Crippen molar-refractivity contribution in [1.29, 1.82) is 0 Å². The Labute approximate surface area is 526 Å². The zero-order valence-corrected chi connectivity index (χ0v) is 57.2. The highest BCUT2D eigenvalue weighted by molar-refractivity contribution is 7.45. The summed E-state index contributed by atoms with van der Waals surface area (Å²) in [4.78, 5) is 38.1. The summed E-state index contributed by atoms with van der Waals surface area (Å²) < 4.78 is 34.3. The molecule has 0 bridgehead atoms. The van der Waals surface area contributed by atoms with Crippen LogP contribution in [-0.2, 0) is 32.7 Å². The maximum absolute atomic E-state index is 12.9. The number of allylic oxidation sites excluding steroid dienone is 14. The van der Waals surface area contributed by atoms with Gasteiger partial charge in [-0.05, 0) is 70.6 Å². The summed E-state index contributed by atoms with van der Waals surface area (Å²) in [6.45, 7) is 4.18. The Hall–Kier alpha value is -2.81. The fourth-order valence-corrected chi connectivity index (χ4v) is 11.0. The SMILES string of the molecule is CC/C=C\C/C=C\C/C=C\C/C=C\C/C=C\C/C=C\C/C=C\CCCCCCCCCCCCCCCCCC(=O)OC(COC(=O)CCCCCCCCCCCCCCCCCCCCCCCCCC)COP(=O)([O-])OCC[N+](C)(C)C. The number of quaternary nitrogens is 1. The molecule has 0 rings (SSSR count). The smallest absolute Gasteiger partial charge is 0.306 e. The van der Waals surface area contributed by atoms with E-state index in [4.69, 9.17) is 18.5 Å². The molecule has 0 aliphatic rings. The Morgan fingerprint density at radius 1 is 0.376 bits per heavy atom. The van der Waals surface area contributed by atoms with Crippen LogP contribution in [0.1, 0.15) is 328 Å². The largest absolute Gasteiger partial charge is 0.756 e. The molecular weight excluding hydrogens is 1070 g/mol. The van der Waals surface area contributed by atoms with E-state index in [0.29, 0.717) is 17.4 Å². The van der Waals surface area contributed by atoms with Gasteiger partial charge in [-0.2, -0.15) is 0 Å². The Balaban J connectivity index is 4.01. The molecule has 0 amide bonds. The number of carbonyl (C=O) groups is 2. The molecule has 0 heterocycles. The number of carbonyl (C=O) groups excluding carboxylic acids is 2. The van der Waals surface area contributed by atoms with Crippen molar-refractivity contribution < 1.29 is 42.1 Å².